The molecule has 0 saturated carbocycles. The molecule has 1 heterocycles. The van der Waals surface area contributed by atoms with E-state index < -0.39 is 0 Å². The first-order valence-electron chi connectivity index (χ1n) is 7.84. The molecule has 116 valence electrons. The summed E-state index contributed by atoms with van der Waals surface area (Å²) in [6.45, 7) is 7.41. The molecule has 1 aliphatic heterocycles. The second-order valence-corrected chi connectivity index (χ2v) is 6.21. The molecule has 1 saturated heterocycles. The van der Waals surface area contributed by atoms with E-state index in [2.05, 4.69) is 24.1 Å². The predicted molar refractivity (Wildman–Crippen MR) is 84.3 cm³/mol. The Morgan fingerprint density at radius 2 is 2.19 bits per heavy atom. The zero-order valence-electron chi connectivity index (χ0n) is 13.0. The van der Waals surface area contributed by atoms with Gasteiger partial charge in [0.2, 0.25) is 5.91 Å². The molecule has 0 radical (unpaired) electrons. The molecular formula is C17H26N2O2. The molecule has 1 aromatic carbocycles. The van der Waals surface area contributed by atoms with Crippen LogP contribution >= 0.6 is 0 Å². The number of hydrogen-bond donors (Lipinski definition) is 2. The van der Waals surface area contributed by atoms with Crippen LogP contribution in [-0.2, 0) is 11.2 Å². The van der Waals surface area contributed by atoms with Crippen LogP contribution in [0, 0.1) is 5.92 Å². The van der Waals surface area contributed by atoms with E-state index in [1.807, 2.05) is 6.07 Å². The van der Waals surface area contributed by atoms with Gasteiger partial charge in [-0.05, 0) is 45.2 Å². The standard InChI is InChI=1S/C17H26N2O2/c1-13(2)19-9-5-6-14(12-19)11-18-17(21)10-15-7-3-4-8-16(15)20/h3-4,7-8,13-14,20H,5-6,9-12H2,1-2H3,(H,18,21). The molecule has 1 amide bonds. The van der Waals surface area contributed by atoms with Crippen LogP contribution in [0.5, 0.6) is 5.75 Å². The number of carbonyl (C=O) groups excluding carboxylic acids is 1. The van der Waals surface area contributed by atoms with Gasteiger partial charge in [-0.25, -0.2) is 0 Å². The summed E-state index contributed by atoms with van der Waals surface area (Å²) in [7, 11) is 0. The Kier molecular flexibility index (Phi) is 5.62. The van der Waals surface area contributed by atoms with Crippen LogP contribution in [-0.4, -0.2) is 41.6 Å². The first-order valence-corrected chi connectivity index (χ1v) is 7.84. The molecule has 0 bridgehead atoms. The maximum atomic E-state index is 12.0. The lowest BCUT2D eigenvalue weighted by Crippen LogP contribution is -2.43. The Bertz CT molecular complexity index is 474. The van der Waals surface area contributed by atoms with Crippen molar-refractivity contribution in [2.24, 2.45) is 5.92 Å². The molecule has 21 heavy (non-hydrogen) atoms. The molecule has 0 aliphatic carbocycles. The zero-order valence-corrected chi connectivity index (χ0v) is 13.0. The van der Waals surface area contributed by atoms with Gasteiger partial charge in [-0.15, -0.1) is 0 Å². The summed E-state index contributed by atoms with van der Waals surface area (Å²) >= 11 is 0. The molecule has 1 aliphatic rings. The van der Waals surface area contributed by atoms with Crippen molar-refractivity contribution in [3.8, 4) is 5.75 Å². The third-order valence-corrected chi connectivity index (χ3v) is 4.21. The molecule has 1 unspecified atom stereocenters. The molecule has 4 nitrogen and oxygen atoms in total. The number of phenolic OH excluding ortho intramolecular Hbond substituents is 1. The van der Waals surface area contributed by atoms with Crippen LogP contribution in [0.15, 0.2) is 24.3 Å². The Morgan fingerprint density at radius 3 is 2.90 bits per heavy atom. The molecule has 1 aromatic rings. The Hall–Kier alpha value is -1.55. The first-order chi connectivity index (χ1) is 10.1. The second-order valence-electron chi connectivity index (χ2n) is 6.21. The van der Waals surface area contributed by atoms with Gasteiger partial charge in [0.25, 0.3) is 0 Å². The van der Waals surface area contributed by atoms with Crippen LogP contribution in [0.25, 0.3) is 0 Å². The van der Waals surface area contributed by atoms with Crippen molar-refractivity contribution in [1.29, 1.82) is 0 Å². The number of likely N-dealkylation sites (tertiary alicyclic amines) is 1. The van der Waals surface area contributed by atoms with Gasteiger partial charge in [0, 0.05) is 24.7 Å². The summed E-state index contributed by atoms with van der Waals surface area (Å²) in [5, 5.41) is 12.7. The van der Waals surface area contributed by atoms with Gasteiger partial charge in [0.15, 0.2) is 0 Å². The number of aromatic hydroxyl groups is 1. The summed E-state index contributed by atoms with van der Waals surface area (Å²) in [6.07, 6.45) is 2.63. The molecule has 4 heteroatoms. The fourth-order valence-electron chi connectivity index (χ4n) is 2.89. The number of benzene rings is 1. The highest BCUT2D eigenvalue weighted by molar-refractivity contribution is 5.79. The number of piperidine rings is 1. The van der Waals surface area contributed by atoms with Gasteiger partial charge in [-0.2, -0.15) is 0 Å². The topological polar surface area (TPSA) is 52.6 Å². The van der Waals surface area contributed by atoms with E-state index in [-0.39, 0.29) is 18.1 Å². The molecule has 1 atom stereocenters. The van der Waals surface area contributed by atoms with Crippen LogP contribution in [0.1, 0.15) is 32.3 Å². The first kappa shape index (κ1) is 15.8. The summed E-state index contributed by atoms with van der Waals surface area (Å²) in [5.41, 5.74) is 0.683. The highest BCUT2D eigenvalue weighted by Crippen LogP contribution is 2.18. The largest absolute Gasteiger partial charge is 0.508 e. The number of para-hydroxylation sites is 1. The highest BCUT2D eigenvalue weighted by Gasteiger charge is 2.21. The Balaban J connectivity index is 1.77. The average Bonchev–Trinajstić information content (AvgIpc) is 2.48. The van der Waals surface area contributed by atoms with Crippen molar-refractivity contribution in [3.63, 3.8) is 0 Å². The van der Waals surface area contributed by atoms with Crippen molar-refractivity contribution in [1.82, 2.24) is 10.2 Å². The quantitative estimate of drug-likeness (QED) is 0.874. The number of rotatable bonds is 5. The smallest absolute Gasteiger partial charge is 0.224 e. The fraction of sp³-hybridized carbons (Fsp3) is 0.588. The highest BCUT2D eigenvalue weighted by atomic mass is 16.3. The van der Waals surface area contributed by atoms with E-state index in [1.54, 1.807) is 18.2 Å². The number of hydrogen-bond acceptors (Lipinski definition) is 3. The summed E-state index contributed by atoms with van der Waals surface area (Å²) in [6, 6.07) is 7.58. The number of carbonyl (C=O) groups is 1. The number of amides is 1. The van der Waals surface area contributed by atoms with Crippen LogP contribution in [0.3, 0.4) is 0 Å². The van der Waals surface area contributed by atoms with Crippen molar-refractivity contribution < 1.29 is 9.90 Å². The lowest BCUT2D eigenvalue weighted by molar-refractivity contribution is -0.120. The van der Waals surface area contributed by atoms with Gasteiger partial charge in [0.1, 0.15) is 5.75 Å². The average molecular weight is 290 g/mol. The van der Waals surface area contributed by atoms with E-state index in [4.69, 9.17) is 0 Å². The van der Waals surface area contributed by atoms with Crippen molar-refractivity contribution >= 4 is 5.91 Å². The molecule has 0 spiro atoms. The second kappa shape index (κ2) is 7.46. The minimum Gasteiger partial charge on any atom is -0.508 e. The summed E-state index contributed by atoms with van der Waals surface area (Å²) in [5.74, 6) is 0.712. The Labute approximate surface area is 127 Å². The predicted octanol–water partition coefficient (Wildman–Crippen LogP) is 2.17. The lowest BCUT2D eigenvalue weighted by Gasteiger charge is -2.35. The molecule has 2 N–H and O–H groups in total. The van der Waals surface area contributed by atoms with Gasteiger partial charge in [0.05, 0.1) is 6.42 Å². The van der Waals surface area contributed by atoms with Gasteiger partial charge >= 0.3 is 0 Å². The summed E-state index contributed by atoms with van der Waals surface area (Å²) < 4.78 is 0. The Morgan fingerprint density at radius 1 is 1.43 bits per heavy atom. The number of nitrogens with one attached hydrogen (secondary N) is 1. The minimum atomic E-state index is -0.0156. The number of nitrogens with zero attached hydrogens (tertiary/aromatic N) is 1. The normalized spacial score (nSPS) is 19.7. The lowest BCUT2D eigenvalue weighted by atomic mass is 9.97. The van der Waals surface area contributed by atoms with Gasteiger partial charge in [-0.1, -0.05) is 18.2 Å². The molecule has 0 aromatic heterocycles. The van der Waals surface area contributed by atoms with Crippen molar-refractivity contribution in [2.75, 3.05) is 19.6 Å². The fourth-order valence-corrected chi connectivity index (χ4v) is 2.89. The zero-order chi connectivity index (χ0) is 15.2. The van der Waals surface area contributed by atoms with Crippen LogP contribution < -0.4 is 5.32 Å². The maximum absolute atomic E-state index is 12.0. The van der Waals surface area contributed by atoms with Crippen LogP contribution in [0.4, 0.5) is 0 Å². The minimum absolute atomic E-state index is 0.0156. The monoisotopic (exact) mass is 290 g/mol. The summed E-state index contributed by atoms with van der Waals surface area (Å²) in [4.78, 5) is 14.5. The van der Waals surface area contributed by atoms with Crippen LogP contribution in [0.2, 0.25) is 0 Å². The van der Waals surface area contributed by atoms with Crippen molar-refractivity contribution in [3.05, 3.63) is 29.8 Å². The van der Waals surface area contributed by atoms with Crippen molar-refractivity contribution in [2.45, 2.75) is 39.2 Å². The SMILES string of the molecule is CC(C)N1CCCC(CNC(=O)Cc2ccccc2O)C1. The van der Waals surface area contributed by atoms with E-state index in [0.717, 1.165) is 13.1 Å². The third kappa shape index (κ3) is 4.74. The van der Waals surface area contributed by atoms with E-state index in [1.165, 1.54) is 19.4 Å². The van der Waals surface area contributed by atoms with Gasteiger partial charge in [-0.3, -0.25) is 4.79 Å². The van der Waals surface area contributed by atoms with E-state index in [9.17, 15) is 9.90 Å². The maximum Gasteiger partial charge on any atom is 0.224 e. The third-order valence-electron chi connectivity index (χ3n) is 4.21. The molecule has 2 rings (SSSR count). The van der Waals surface area contributed by atoms with Gasteiger partial charge < -0.3 is 15.3 Å². The van der Waals surface area contributed by atoms with E-state index >= 15 is 0 Å². The molecule has 1 fully saturated rings. The van der Waals surface area contributed by atoms with E-state index in [0.29, 0.717) is 17.5 Å². The number of phenols is 1. The molecular weight excluding hydrogens is 264 g/mol.